The average Bonchev–Trinajstić information content (AvgIpc) is 3.04. The molecular weight excluding hydrogens is 442 g/mol. The molecule has 0 aromatic heterocycles. The van der Waals surface area contributed by atoms with Gasteiger partial charge >= 0.3 is 0 Å². The monoisotopic (exact) mass is 467 g/mol. The Balaban J connectivity index is 1.53. The van der Waals surface area contributed by atoms with Gasteiger partial charge in [0.1, 0.15) is 16.5 Å². The van der Waals surface area contributed by atoms with Crippen molar-refractivity contribution in [3.63, 3.8) is 0 Å². The lowest BCUT2D eigenvalue weighted by Gasteiger charge is -2.23. The van der Waals surface area contributed by atoms with Crippen molar-refractivity contribution >= 4 is 40.7 Å². The van der Waals surface area contributed by atoms with E-state index in [0.29, 0.717) is 22.7 Å². The first-order valence-electron chi connectivity index (χ1n) is 11.0. The van der Waals surface area contributed by atoms with Crippen molar-refractivity contribution in [2.45, 2.75) is 45.1 Å². The average molecular weight is 468 g/mol. The Labute approximate surface area is 197 Å². The molecule has 8 heteroatoms. The standard InChI is InChI=1S/C25H26ClN3O4/c1-15-8-9-16(23(30)27-17-6-4-3-5-7-17)14-20(15)28-22-21(26)24(31)29(25(22)32)18-10-12-19(33-2)13-11-18/h8-14,17,28H,3-7H2,1-2H3,(H,27,30). The maximum Gasteiger partial charge on any atom is 0.283 e. The molecule has 1 aliphatic heterocycles. The van der Waals surface area contributed by atoms with E-state index in [1.807, 2.05) is 6.92 Å². The van der Waals surface area contributed by atoms with Crippen LogP contribution in [0.15, 0.2) is 53.2 Å². The van der Waals surface area contributed by atoms with Crippen LogP contribution >= 0.6 is 11.6 Å². The number of anilines is 2. The lowest BCUT2D eigenvalue weighted by atomic mass is 9.95. The van der Waals surface area contributed by atoms with Gasteiger partial charge in [-0.05, 0) is 61.7 Å². The molecule has 1 heterocycles. The van der Waals surface area contributed by atoms with Crippen molar-refractivity contribution in [3.05, 3.63) is 64.3 Å². The van der Waals surface area contributed by atoms with Crippen molar-refractivity contribution < 1.29 is 19.1 Å². The number of methoxy groups -OCH3 is 1. The van der Waals surface area contributed by atoms with Gasteiger partial charge in [0.2, 0.25) is 0 Å². The van der Waals surface area contributed by atoms with Crippen LogP contribution in [0.4, 0.5) is 11.4 Å². The summed E-state index contributed by atoms with van der Waals surface area (Å²) in [4.78, 5) is 39.6. The van der Waals surface area contributed by atoms with Crippen molar-refractivity contribution in [2.75, 3.05) is 17.3 Å². The maximum absolute atomic E-state index is 13.1. The summed E-state index contributed by atoms with van der Waals surface area (Å²) in [5.41, 5.74) is 2.19. The number of carbonyl (C=O) groups excluding carboxylic acids is 3. The quantitative estimate of drug-likeness (QED) is 0.610. The molecule has 0 bridgehead atoms. The van der Waals surface area contributed by atoms with Crippen LogP contribution in [-0.2, 0) is 9.59 Å². The molecule has 4 rings (SSSR count). The number of benzene rings is 2. The second-order valence-electron chi connectivity index (χ2n) is 8.30. The van der Waals surface area contributed by atoms with E-state index < -0.39 is 11.8 Å². The van der Waals surface area contributed by atoms with Crippen molar-refractivity contribution in [1.82, 2.24) is 5.32 Å². The molecule has 0 unspecified atom stereocenters. The summed E-state index contributed by atoms with van der Waals surface area (Å²) in [5, 5.41) is 5.88. The van der Waals surface area contributed by atoms with Gasteiger partial charge in [-0.2, -0.15) is 0 Å². The minimum atomic E-state index is -0.613. The third-order valence-electron chi connectivity index (χ3n) is 6.06. The Hall–Kier alpha value is -3.32. The van der Waals surface area contributed by atoms with Crippen LogP contribution in [-0.4, -0.2) is 30.9 Å². The van der Waals surface area contributed by atoms with Gasteiger partial charge in [0.15, 0.2) is 0 Å². The van der Waals surface area contributed by atoms with Crippen LogP contribution in [0.5, 0.6) is 5.75 Å². The van der Waals surface area contributed by atoms with Gasteiger partial charge in [0, 0.05) is 17.3 Å². The SMILES string of the molecule is COc1ccc(N2C(=O)C(Cl)=C(Nc3cc(C(=O)NC4CCCCC4)ccc3C)C2=O)cc1. The second-order valence-corrected chi connectivity index (χ2v) is 8.67. The first-order chi connectivity index (χ1) is 15.9. The van der Waals surface area contributed by atoms with E-state index in [1.165, 1.54) is 13.5 Å². The zero-order chi connectivity index (χ0) is 23.5. The van der Waals surface area contributed by atoms with Crippen molar-refractivity contribution in [1.29, 1.82) is 0 Å². The van der Waals surface area contributed by atoms with Crippen molar-refractivity contribution in [3.8, 4) is 5.75 Å². The van der Waals surface area contributed by atoms with Crippen LogP contribution in [0, 0.1) is 6.92 Å². The van der Waals surface area contributed by atoms with Gasteiger partial charge < -0.3 is 15.4 Å². The number of amides is 3. The molecule has 2 aromatic carbocycles. The lowest BCUT2D eigenvalue weighted by Crippen LogP contribution is -2.36. The minimum Gasteiger partial charge on any atom is -0.497 e. The fourth-order valence-electron chi connectivity index (χ4n) is 4.13. The third-order valence-corrected chi connectivity index (χ3v) is 6.41. The molecule has 3 amide bonds. The Bertz CT molecular complexity index is 1120. The zero-order valence-corrected chi connectivity index (χ0v) is 19.4. The Morgan fingerprint density at radius 2 is 1.73 bits per heavy atom. The number of rotatable bonds is 6. The molecule has 2 aromatic rings. The summed E-state index contributed by atoms with van der Waals surface area (Å²) in [7, 11) is 1.54. The summed E-state index contributed by atoms with van der Waals surface area (Å²) < 4.78 is 5.13. The predicted octanol–water partition coefficient (Wildman–Crippen LogP) is 4.50. The Morgan fingerprint density at radius 3 is 2.39 bits per heavy atom. The van der Waals surface area contributed by atoms with E-state index in [4.69, 9.17) is 16.3 Å². The molecule has 1 aliphatic carbocycles. The van der Waals surface area contributed by atoms with Gasteiger partial charge in [-0.1, -0.05) is 36.9 Å². The topological polar surface area (TPSA) is 87.7 Å². The summed E-state index contributed by atoms with van der Waals surface area (Å²) >= 11 is 6.26. The highest BCUT2D eigenvalue weighted by Crippen LogP contribution is 2.32. The second kappa shape index (κ2) is 9.67. The molecule has 0 saturated heterocycles. The number of halogens is 1. The lowest BCUT2D eigenvalue weighted by molar-refractivity contribution is -0.120. The number of nitrogens with one attached hydrogen (secondary N) is 2. The number of nitrogens with zero attached hydrogens (tertiary/aromatic N) is 1. The summed E-state index contributed by atoms with van der Waals surface area (Å²) in [5.74, 6) is -0.724. The molecule has 2 N–H and O–H groups in total. The van der Waals surface area contributed by atoms with E-state index in [-0.39, 0.29) is 22.7 Å². The number of hydrogen-bond donors (Lipinski definition) is 2. The van der Waals surface area contributed by atoms with E-state index in [0.717, 1.165) is 36.1 Å². The largest absolute Gasteiger partial charge is 0.497 e. The molecule has 0 atom stereocenters. The van der Waals surface area contributed by atoms with Gasteiger partial charge in [-0.3, -0.25) is 14.4 Å². The molecule has 2 aliphatic rings. The van der Waals surface area contributed by atoms with E-state index in [2.05, 4.69) is 10.6 Å². The van der Waals surface area contributed by atoms with Crippen LogP contribution in [0.2, 0.25) is 0 Å². The van der Waals surface area contributed by atoms with Crippen molar-refractivity contribution in [2.24, 2.45) is 0 Å². The number of carbonyl (C=O) groups is 3. The van der Waals surface area contributed by atoms with E-state index in [1.54, 1.807) is 42.5 Å². The molecule has 33 heavy (non-hydrogen) atoms. The number of hydrogen-bond acceptors (Lipinski definition) is 5. The fourth-order valence-corrected chi connectivity index (χ4v) is 4.34. The molecule has 0 spiro atoms. The minimum absolute atomic E-state index is 0.0228. The van der Waals surface area contributed by atoms with Crippen LogP contribution in [0.3, 0.4) is 0 Å². The highest BCUT2D eigenvalue weighted by molar-refractivity contribution is 6.53. The molecule has 0 radical (unpaired) electrons. The number of ether oxygens (including phenoxy) is 1. The van der Waals surface area contributed by atoms with Gasteiger partial charge in [0.25, 0.3) is 17.7 Å². The van der Waals surface area contributed by atoms with Crippen LogP contribution < -0.4 is 20.3 Å². The molecular formula is C25H26ClN3O4. The van der Waals surface area contributed by atoms with Gasteiger partial charge in [-0.15, -0.1) is 0 Å². The molecule has 1 fully saturated rings. The zero-order valence-electron chi connectivity index (χ0n) is 18.6. The first kappa shape index (κ1) is 22.9. The Morgan fingerprint density at radius 1 is 1.03 bits per heavy atom. The van der Waals surface area contributed by atoms with Crippen LogP contribution in [0.1, 0.15) is 48.0 Å². The van der Waals surface area contributed by atoms with Crippen LogP contribution in [0.25, 0.3) is 0 Å². The summed E-state index contributed by atoms with van der Waals surface area (Å²) in [6.07, 6.45) is 5.44. The summed E-state index contributed by atoms with van der Waals surface area (Å²) in [6.45, 7) is 1.85. The first-order valence-corrected chi connectivity index (χ1v) is 11.4. The third kappa shape index (κ3) is 4.73. The maximum atomic E-state index is 13.1. The fraction of sp³-hybridized carbons (Fsp3) is 0.320. The summed E-state index contributed by atoms with van der Waals surface area (Å²) in [6, 6.07) is 12.0. The normalized spacial score (nSPS) is 16.9. The van der Waals surface area contributed by atoms with Gasteiger partial charge in [0.05, 0.1) is 12.8 Å². The molecule has 7 nitrogen and oxygen atoms in total. The smallest absolute Gasteiger partial charge is 0.283 e. The van der Waals surface area contributed by atoms with E-state index >= 15 is 0 Å². The highest BCUT2D eigenvalue weighted by atomic mass is 35.5. The Kier molecular flexibility index (Phi) is 6.70. The molecule has 1 saturated carbocycles. The predicted molar refractivity (Wildman–Crippen MR) is 128 cm³/mol. The van der Waals surface area contributed by atoms with Gasteiger partial charge in [-0.25, -0.2) is 4.90 Å². The molecule has 172 valence electrons. The number of imide groups is 1. The highest BCUT2D eigenvalue weighted by Gasteiger charge is 2.39. The van der Waals surface area contributed by atoms with E-state index in [9.17, 15) is 14.4 Å². The number of aryl methyl sites for hydroxylation is 1.